The monoisotopic (exact) mass is 466 g/mol. The summed E-state index contributed by atoms with van der Waals surface area (Å²) in [5, 5.41) is 4.40. The molecule has 1 amide bonds. The predicted molar refractivity (Wildman–Crippen MR) is 142 cm³/mol. The van der Waals surface area contributed by atoms with E-state index in [1.807, 2.05) is 12.1 Å². The van der Waals surface area contributed by atoms with Gasteiger partial charge in [0.1, 0.15) is 0 Å². The van der Waals surface area contributed by atoms with Gasteiger partial charge in [-0.2, -0.15) is 0 Å². The van der Waals surface area contributed by atoms with Gasteiger partial charge in [0.25, 0.3) is 0 Å². The van der Waals surface area contributed by atoms with E-state index in [1.54, 1.807) is 6.92 Å². The van der Waals surface area contributed by atoms with Crippen molar-refractivity contribution in [2.45, 2.75) is 84.6 Å². The van der Waals surface area contributed by atoms with Crippen LogP contribution in [-0.4, -0.2) is 10.9 Å². The summed E-state index contributed by atoms with van der Waals surface area (Å²) in [5.74, 6) is 0.0549. The molecule has 178 valence electrons. The van der Waals surface area contributed by atoms with Gasteiger partial charge in [-0.25, -0.2) is 0 Å². The molecule has 3 aromatic rings. The molecule has 0 aliphatic carbocycles. The van der Waals surface area contributed by atoms with E-state index in [-0.39, 0.29) is 41.1 Å². The molecule has 0 fully saturated rings. The van der Waals surface area contributed by atoms with Crippen LogP contribution in [0.15, 0.2) is 54.6 Å². The van der Waals surface area contributed by atoms with Crippen LogP contribution in [0.4, 0.5) is 0 Å². The molecule has 0 radical (unpaired) electrons. The number of fused-ring (bicyclic) bond motifs is 1. The lowest BCUT2D eigenvalue weighted by Gasteiger charge is -2.31. The van der Waals surface area contributed by atoms with Crippen molar-refractivity contribution < 1.29 is 4.79 Å². The molecule has 0 aliphatic heterocycles. The first kappa shape index (κ1) is 26.9. The number of amides is 1. The Morgan fingerprint density at radius 3 is 2.00 bits per heavy atom. The van der Waals surface area contributed by atoms with Crippen molar-refractivity contribution in [1.29, 1.82) is 0 Å². The molecule has 3 nitrogen and oxygen atoms in total. The van der Waals surface area contributed by atoms with Crippen LogP contribution in [0.3, 0.4) is 0 Å². The third kappa shape index (κ3) is 6.35. The minimum atomic E-state index is -0.144. The summed E-state index contributed by atoms with van der Waals surface area (Å²) in [7, 11) is 0. The number of para-hydroxylation sites is 1. The van der Waals surface area contributed by atoms with E-state index in [4.69, 9.17) is 4.98 Å². The number of hydrogen-bond acceptors (Lipinski definition) is 2. The molecule has 1 N–H and O–H groups in total. The lowest BCUT2D eigenvalue weighted by atomic mass is 9.77. The maximum Gasteiger partial charge on any atom is 0.217 e. The summed E-state index contributed by atoms with van der Waals surface area (Å²) in [5.41, 5.74) is 5.76. The number of nitrogens with zero attached hydrogens (tertiary/aromatic N) is 1. The standard InChI is InChI=1S/C29H38N2O.ClH/c1-9-24(26-15-14-20-12-10-11-13-25(20)31-26)27(30-19(2)32)21-16-22(28(3,4)5)18-23(17-21)29(6,7)8;/h10-18,24,27H,9H2,1-8H3,(H,30,32);1H/t24-,27-;/m1./s1. The van der Waals surface area contributed by atoms with Gasteiger partial charge in [-0.1, -0.05) is 90.9 Å². The summed E-state index contributed by atoms with van der Waals surface area (Å²) >= 11 is 0. The van der Waals surface area contributed by atoms with Crippen LogP contribution in [0.25, 0.3) is 10.9 Å². The number of carbonyl (C=O) groups excluding carboxylic acids is 1. The van der Waals surface area contributed by atoms with Crippen molar-refractivity contribution in [1.82, 2.24) is 10.3 Å². The van der Waals surface area contributed by atoms with Crippen molar-refractivity contribution in [3.05, 3.63) is 77.0 Å². The zero-order chi connectivity index (χ0) is 23.7. The first-order valence-electron chi connectivity index (χ1n) is 11.7. The molecule has 1 heterocycles. The highest BCUT2D eigenvalue weighted by Crippen LogP contribution is 2.38. The van der Waals surface area contributed by atoms with Crippen LogP contribution in [0.5, 0.6) is 0 Å². The number of aromatic nitrogens is 1. The average Bonchev–Trinajstić information content (AvgIpc) is 2.71. The van der Waals surface area contributed by atoms with Crippen molar-refractivity contribution >= 4 is 29.2 Å². The highest BCUT2D eigenvalue weighted by molar-refractivity contribution is 5.85. The topological polar surface area (TPSA) is 42.0 Å². The molecule has 0 unspecified atom stereocenters. The highest BCUT2D eigenvalue weighted by atomic mass is 35.5. The molecular formula is C29H39ClN2O. The Balaban J connectivity index is 0.00000385. The second-order valence-electron chi connectivity index (χ2n) is 11.0. The van der Waals surface area contributed by atoms with E-state index < -0.39 is 0 Å². The number of nitrogens with one attached hydrogen (secondary N) is 1. The molecule has 3 rings (SSSR count). The SMILES string of the molecule is CC[C@H](c1ccc2ccccc2n1)[C@H](NC(C)=O)c1cc(C(C)(C)C)cc(C(C)(C)C)c1.Cl. The van der Waals surface area contributed by atoms with E-state index >= 15 is 0 Å². The van der Waals surface area contributed by atoms with Crippen molar-refractivity contribution in [2.75, 3.05) is 0 Å². The second-order valence-corrected chi connectivity index (χ2v) is 11.0. The average molecular weight is 467 g/mol. The summed E-state index contributed by atoms with van der Waals surface area (Å²) < 4.78 is 0. The maximum atomic E-state index is 12.3. The van der Waals surface area contributed by atoms with Gasteiger partial charge >= 0.3 is 0 Å². The first-order valence-corrected chi connectivity index (χ1v) is 11.7. The Morgan fingerprint density at radius 1 is 0.909 bits per heavy atom. The number of benzene rings is 2. The molecule has 2 atom stereocenters. The normalized spacial score (nSPS) is 13.8. The lowest BCUT2D eigenvalue weighted by molar-refractivity contribution is -0.119. The Bertz CT molecular complexity index is 1080. The lowest BCUT2D eigenvalue weighted by Crippen LogP contribution is -2.32. The molecule has 0 bridgehead atoms. The largest absolute Gasteiger partial charge is 0.349 e. The van der Waals surface area contributed by atoms with Gasteiger partial charge in [-0.05, 0) is 46.1 Å². The van der Waals surface area contributed by atoms with Crippen molar-refractivity contribution in [3.63, 3.8) is 0 Å². The van der Waals surface area contributed by atoms with Gasteiger partial charge < -0.3 is 5.32 Å². The fourth-order valence-electron chi connectivity index (χ4n) is 4.24. The van der Waals surface area contributed by atoms with E-state index in [0.717, 1.165) is 28.6 Å². The Labute approximate surface area is 205 Å². The summed E-state index contributed by atoms with van der Waals surface area (Å²) in [6.07, 6.45) is 0.876. The Kier molecular flexibility index (Phi) is 8.35. The highest BCUT2D eigenvalue weighted by Gasteiger charge is 2.29. The van der Waals surface area contributed by atoms with E-state index in [9.17, 15) is 4.79 Å². The molecule has 33 heavy (non-hydrogen) atoms. The van der Waals surface area contributed by atoms with Gasteiger partial charge in [-0.15, -0.1) is 12.4 Å². The maximum absolute atomic E-state index is 12.3. The molecule has 1 aromatic heterocycles. The summed E-state index contributed by atoms with van der Waals surface area (Å²) in [6, 6.07) is 19.2. The molecule has 4 heteroatoms. The van der Waals surface area contributed by atoms with Crippen molar-refractivity contribution in [3.8, 4) is 0 Å². The molecule has 2 aromatic carbocycles. The van der Waals surface area contributed by atoms with E-state index in [0.29, 0.717) is 0 Å². The van der Waals surface area contributed by atoms with Crippen LogP contribution < -0.4 is 5.32 Å². The Hall–Kier alpha value is -2.39. The van der Waals surface area contributed by atoms with Gasteiger partial charge in [0, 0.05) is 23.9 Å². The van der Waals surface area contributed by atoms with Gasteiger partial charge in [-0.3, -0.25) is 9.78 Å². The molecule has 0 aliphatic rings. The van der Waals surface area contributed by atoms with E-state index in [1.165, 1.54) is 11.1 Å². The van der Waals surface area contributed by atoms with E-state index in [2.05, 4.69) is 96.2 Å². The van der Waals surface area contributed by atoms with Crippen molar-refractivity contribution in [2.24, 2.45) is 0 Å². The number of hydrogen-bond donors (Lipinski definition) is 1. The minimum absolute atomic E-state index is 0. The van der Waals surface area contributed by atoms with Crippen LogP contribution in [0.2, 0.25) is 0 Å². The number of halogens is 1. The fourth-order valence-corrected chi connectivity index (χ4v) is 4.24. The molecular weight excluding hydrogens is 428 g/mol. The van der Waals surface area contributed by atoms with Gasteiger partial charge in [0.15, 0.2) is 0 Å². The predicted octanol–water partition coefficient (Wildman–Crippen LogP) is 7.62. The fraction of sp³-hybridized carbons (Fsp3) is 0.448. The Morgan fingerprint density at radius 2 is 1.48 bits per heavy atom. The summed E-state index contributed by atoms with van der Waals surface area (Å²) in [6.45, 7) is 17.2. The molecule has 0 spiro atoms. The third-order valence-electron chi connectivity index (χ3n) is 6.25. The second kappa shape index (κ2) is 10.3. The van der Waals surface area contributed by atoms with Crippen LogP contribution in [-0.2, 0) is 15.6 Å². The minimum Gasteiger partial charge on any atom is -0.349 e. The van der Waals surface area contributed by atoms with Gasteiger partial charge in [0.05, 0.1) is 11.6 Å². The first-order chi connectivity index (χ1) is 14.9. The van der Waals surface area contributed by atoms with Crippen LogP contribution in [0.1, 0.15) is 96.2 Å². The molecule has 0 saturated carbocycles. The number of carbonyl (C=O) groups is 1. The van der Waals surface area contributed by atoms with Crippen LogP contribution >= 0.6 is 12.4 Å². The number of rotatable bonds is 5. The summed E-state index contributed by atoms with van der Waals surface area (Å²) in [4.78, 5) is 17.3. The van der Waals surface area contributed by atoms with Gasteiger partial charge in [0.2, 0.25) is 5.91 Å². The number of pyridine rings is 1. The van der Waals surface area contributed by atoms with Crippen LogP contribution in [0, 0.1) is 0 Å². The zero-order valence-corrected chi connectivity index (χ0v) is 22.1. The molecule has 0 saturated heterocycles. The smallest absolute Gasteiger partial charge is 0.217 e. The zero-order valence-electron chi connectivity index (χ0n) is 21.3. The third-order valence-corrected chi connectivity index (χ3v) is 6.25. The quantitative estimate of drug-likeness (QED) is 0.420.